The summed E-state index contributed by atoms with van der Waals surface area (Å²) in [6.45, 7) is 5.17. The number of aliphatic hydroxyl groups excluding tert-OH is 5. The van der Waals surface area contributed by atoms with Gasteiger partial charge in [0.05, 0.1) is 23.6 Å². The molecule has 0 aromatic heterocycles. The maximum absolute atomic E-state index is 12.6. The van der Waals surface area contributed by atoms with Crippen LogP contribution in [-0.2, 0) is 4.79 Å². The number of hydrogen-bond acceptors (Lipinski definition) is 8. The van der Waals surface area contributed by atoms with Crippen molar-refractivity contribution in [2.45, 2.75) is 44.4 Å². The average molecular weight is 330 g/mol. The predicted molar refractivity (Wildman–Crippen MR) is 79.3 cm³/mol. The van der Waals surface area contributed by atoms with E-state index in [9.17, 15) is 25.2 Å². The molecule has 0 aliphatic carbocycles. The number of piperidine rings is 2. The molecule has 0 radical (unpaired) electrons. The molecule has 4 fully saturated rings. The van der Waals surface area contributed by atoms with Crippen molar-refractivity contribution >= 4 is 5.78 Å². The minimum Gasteiger partial charge on any atom is -0.394 e. The first kappa shape index (κ1) is 17.2. The molecule has 0 saturated carbocycles. The van der Waals surface area contributed by atoms with Crippen molar-refractivity contribution in [3.8, 4) is 0 Å². The Morgan fingerprint density at radius 3 is 1.83 bits per heavy atom. The Labute approximate surface area is 134 Å². The summed E-state index contributed by atoms with van der Waals surface area (Å²) in [6.07, 6.45) is -6.57. The zero-order chi connectivity index (χ0) is 17.2. The van der Waals surface area contributed by atoms with Gasteiger partial charge in [-0.3, -0.25) is 14.6 Å². The zero-order valence-electron chi connectivity index (χ0n) is 13.5. The second-order valence-electron chi connectivity index (χ2n) is 7.90. The summed E-state index contributed by atoms with van der Waals surface area (Å²) < 4.78 is 0. The van der Waals surface area contributed by atoms with E-state index in [1.807, 2.05) is 23.6 Å². The number of hydrogen-bond donors (Lipinski definition) is 5. The fourth-order valence-electron chi connectivity index (χ4n) is 4.77. The van der Waals surface area contributed by atoms with Gasteiger partial charge in [0.25, 0.3) is 0 Å². The van der Waals surface area contributed by atoms with Gasteiger partial charge in [-0.15, -0.1) is 0 Å². The second kappa shape index (κ2) is 5.45. The molecule has 23 heavy (non-hydrogen) atoms. The standard InChI is InChI=1S/C15H26N2O6/c1-14-4-16-6-15(2,13(14)23)7-17(5-14)12(16)11(22)10(21)9(20)8(19)3-18/h8-12,18-22H,3-7H2,1-2H3/t8-,9+,10+,11+,12?,14?,15?/m0/s1. The zero-order valence-corrected chi connectivity index (χ0v) is 13.5. The van der Waals surface area contributed by atoms with Gasteiger partial charge >= 0.3 is 0 Å². The molecule has 0 unspecified atom stereocenters. The van der Waals surface area contributed by atoms with E-state index in [1.165, 1.54) is 0 Å². The first-order valence-electron chi connectivity index (χ1n) is 7.99. The summed E-state index contributed by atoms with van der Waals surface area (Å²) in [7, 11) is 0. The van der Waals surface area contributed by atoms with E-state index in [1.54, 1.807) is 0 Å². The number of ketones is 1. The smallest absolute Gasteiger partial charge is 0.149 e. The van der Waals surface area contributed by atoms with Gasteiger partial charge in [-0.25, -0.2) is 0 Å². The fourth-order valence-corrected chi connectivity index (χ4v) is 4.77. The van der Waals surface area contributed by atoms with Gasteiger partial charge in [-0.2, -0.15) is 0 Å². The molecule has 4 atom stereocenters. The molecule has 0 amide bonds. The number of Topliss-reactive ketones (excluding diaryl/α,β-unsaturated/α-hetero) is 1. The lowest BCUT2D eigenvalue weighted by atomic mass is 9.61. The Kier molecular flexibility index (Phi) is 4.08. The van der Waals surface area contributed by atoms with Gasteiger partial charge in [0.1, 0.15) is 30.2 Å². The van der Waals surface area contributed by atoms with Crippen LogP contribution in [0.2, 0.25) is 0 Å². The van der Waals surface area contributed by atoms with Gasteiger partial charge in [0, 0.05) is 26.2 Å². The average Bonchev–Trinajstić information content (AvgIpc) is 2.48. The van der Waals surface area contributed by atoms with Crippen molar-refractivity contribution in [3.63, 3.8) is 0 Å². The quantitative estimate of drug-likeness (QED) is 0.361. The molecular weight excluding hydrogens is 304 g/mol. The van der Waals surface area contributed by atoms with Gasteiger partial charge in [-0.05, 0) is 0 Å². The van der Waals surface area contributed by atoms with Crippen LogP contribution in [0.5, 0.6) is 0 Å². The molecule has 4 rings (SSSR count). The Bertz CT molecular complexity index is 460. The van der Waals surface area contributed by atoms with Crippen molar-refractivity contribution in [3.05, 3.63) is 0 Å². The molecule has 0 spiro atoms. The molecule has 0 aromatic rings. The third-order valence-corrected chi connectivity index (χ3v) is 5.64. The Hall–Kier alpha value is -0.610. The predicted octanol–water partition coefficient (Wildman–Crippen LogP) is -3.03. The molecule has 4 aliphatic heterocycles. The lowest BCUT2D eigenvalue weighted by molar-refractivity contribution is -0.228. The van der Waals surface area contributed by atoms with Crippen LogP contribution < -0.4 is 0 Å². The molecule has 5 N–H and O–H groups in total. The SMILES string of the molecule is CC12CN3CC(C)(CN(C1)C3[C@H](O)[C@H](O)[C@H](O)[C@@H](O)CO)C2=O. The maximum Gasteiger partial charge on any atom is 0.149 e. The van der Waals surface area contributed by atoms with Gasteiger partial charge in [0.15, 0.2) is 0 Å². The van der Waals surface area contributed by atoms with Crippen LogP contribution in [0.25, 0.3) is 0 Å². The minimum absolute atomic E-state index is 0.252. The fraction of sp³-hybridized carbons (Fsp3) is 0.933. The first-order valence-corrected chi connectivity index (χ1v) is 7.99. The van der Waals surface area contributed by atoms with Crippen LogP contribution in [0.4, 0.5) is 0 Å². The molecule has 8 nitrogen and oxygen atoms in total. The summed E-state index contributed by atoms with van der Waals surface area (Å²) in [5.41, 5.74) is -0.953. The van der Waals surface area contributed by atoms with Crippen LogP contribution in [0, 0.1) is 10.8 Å². The number of nitrogens with zero attached hydrogens (tertiary/aromatic N) is 2. The molecule has 4 bridgehead atoms. The van der Waals surface area contributed by atoms with Crippen LogP contribution >= 0.6 is 0 Å². The van der Waals surface area contributed by atoms with E-state index < -0.39 is 48.0 Å². The number of carbonyl (C=O) groups is 1. The molecule has 132 valence electrons. The third-order valence-electron chi connectivity index (χ3n) is 5.64. The van der Waals surface area contributed by atoms with Crippen molar-refractivity contribution in [2.24, 2.45) is 10.8 Å². The van der Waals surface area contributed by atoms with Crippen molar-refractivity contribution in [1.82, 2.24) is 9.80 Å². The Balaban J connectivity index is 1.80. The Morgan fingerprint density at radius 2 is 1.43 bits per heavy atom. The van der Waals surface area contributed by atoms with E-state index in [4.69, 9.17) is 5.11 Å². The molecule has 4 heterocycles. The van der Waals surface area contributed by atoms with Crippen LogP contribution in [0.1, 0.15) is 13.8 Å². The highest BCUT2D eigenvalue weighted by Gasteiger charge is 2.63. The summed E-state index contributed by atoms with van der Waals surface area (Å²) in [5, 5.41) is 48.9. The van der Waals surface area contributed by atoms with Crippen LogP contribution in [0.15, 0.2) is 0 Å². The molecule has 0 aromatic carbocycles. The molecule has 4 aliphatic rings. The normalized spacial score (nSPS) is 47.4. The lowest BCUT2D eigenvalue weighted by Crippen LogP contribution is -2.80. The van der Waals surface area contributed by atoms with E-state index in [0.717, 1.165) is 0 Å². The largest absolute Gasteiger partial charge is 0.394 e. The molecular formula is C15H26N2O6. The highest BCUT2D eigenvalue weighted by molar-refractivity contribution is 5.92. The highest BCUT2D eigenvalue weighted by atomic mass is 16.4. The maximum atomic E-state index is 12.6. The van der Waals surface area contributed by atoms with E-state index >= 15 is 0 Å². The van der Waals surface area contributed by atoms with Crippen molar-refractivity contribution in [2.75, 3.05) is 32.8 Å². The van der Waals surface area contributed by atoms with E-state index in [-0.39, 0.29) is 5.78 Å². The van der Waals surface area contributed by atoms with Gasteiger partial charge in [-0.1, -0.05) is 13.8 Å². The van der Waals surface area contributed by atoms with E-state index in [2.05, 4.69) is 0 Å². The van der Waals surface area contributed by atoms with Crippen LogP contribution in [-0.4, -0.2) is 104 Å². The van der Waals surface area contributed by atoms with Gasteiger partial charge < -0.3 is 25.5 Å². The number of rotatable bonds is 5. The second-order valence-corrected chi connectivity index (χ2v) is 7.90. The molecule has 8 heteroatoms. The summed E-state index contributed by atoms with van der Waals surface area (Å²) in [5.74, 6) is 0.252. The minimum atomic E-state index is -1.64. The summed E-state index contributed by atoms with van der Waals surface area (Å²) in [6, 6.07) is 0. The summed E-state index contributed by atoms with van der Waals surface area (Å²) >= 11 is 0. The highest BCUT2D eigenvalue weighted by Crippen LogP contribution is 2.48. The van der Waals surface area contributed by atoms with Crippen molar-refractivity contribution < 1.29 is 30.3 Å². The number of carbonyl (C=O) groups excluding carboxylic acids is 1. The van der Waals surface area contributed by atoms with Crippen LogP contribution in [0.3, 0.4) is 0 Å². The molecule has 4 saturated heterocycles. The van der Waals surface area contributed by atoms with E-state index in [0.29, 0.717) is 26.2 Å². The first-order chi connectivity index (χ1) is 10.6. The monoisotopic (exact) mass is 330 g/mol. The van der Waals surface area contributed by atoms with Crippen molar-refractivity contribution in [1.29, 1.82) is 0 Å². The topological polar surface area (TPSA) is 125 Å². The van der Waals surface area contributed by atoms with Gasteiger partial charge in [0.2, 0.25) is 0 Å². The number of aliphatic hydroxyl groups is 5. The summed E-state index contributed by atoms with van der Waals surface area (Å²) in [4.78, 5) is 16.5. The Morgan fingerprint density at radius 1 is 1.00 bits per heavy atom. The lowest BCUT2D eigenvalue weighted by Gasteiger charge is -2.65. The third kappa shape index (κ3) is 2.44.